The second kappa shape index (κ2) is 8.84. The number of hydrogen-bond acceptors (Lipinski definition) is 2. The number of anilines is 2. The van der Waals surface area contributed by atoms with Crippen molar-refractivity contribution in [2.45, 2.75) is 52.4 Å². The molecule has 0 aliphatic carbocycles. The van der Waals surface area contributed by atoms with Crippen LogP contribution in [0.2, 0.25) is 0 Å². The first-order valence-electron chi connectivity index (χ1n) is 7.38. The van der Waals surface area contributed by atoms with Gasteiger partial charge in [0.05, 0.1) is 0 Å². The zero-order valence-corrected chi connectivity index (χ0v) is 12.0. The highest BCUT2D eigenvalue weighted by atomic mass is 15.1. The molecule has 102 valence electrons. The van der Waals surface area contributed by atoms with Gasteiger partial charge in [-0.1, -0.05) is 45.6 Å². The minimum absolute atomic E-state index is 0.861. The van der Waals surface area contributed by atoms with Crippen LogP contribution in [0.25, 0.3) is 0 Å². The van der Waals surface area contributed by atoms with Crippen molar-refractivity contribution in [2.24, 2.45) is 0 Å². The lowest BCUT2D eigenvalue weighted by atomic mass is 10.1. The molecule has 0 aromatic heterocycles. The van der Waals surface area contributed by atoms with Gasteiger partial charge in [-0.25, -0.2) is 0 Å². The van der Waals surface area contributed by atoms with Gasteiger partial charge in [-0.15, -0.1) is 0 Å². The van der Waals surface area contributed by atoms with E-state index >= 15 is 0 Å². The smallest absolute Gasteiger partial charge is 0.0386 e. The van der Waals surface area contributed by atoms with Crippen LogP contribution >= 0.6 is 0 Å². The zero-order chi connectivity index (χ0) is 13.2. The van der Waals surface area contributed by atoms with Gasteiger partial charge >= 0.3 is 0 Å². The van der Waals surface area contributed by atoms with Gasteiger partial charge in [0.25, 0.3) is 0 Å². The highest BCUT2D eigenvalue weighted by molar-refractivity contribution is 5.55. The third-order valence-electron chi connectivity index (χ3n) is 3.26. The fraction of sp³-hybridized carbons (Fsp3) is 0.625. The van der Waals surface area contributed by atoms with E-state index in [4.69, 9.17) is 5.73 Å². The molecule has 1 aromatic rings. The molecule has 0 aliphatic rings. The maximum atomic E-state index is 5.86. The molecule has 0 bridgehead atoms. The molecule has 0 unspecified atom stereocenters. The summed E-state index contributed by atoms with van der Waals surface area (Å²) in [5.74, 6) is 0. The number of benzene rings is 1. The quantitative estimate of drug-likeness (QED) is 0.516. The van der Waals surface area contributed by atoms with Gasteiger partial charge in [-0.05, 0) is 31.0 Å². The van der Waals surface area contributed by atoms with Crippen molar-refractivity contribution in [1.29, 1.82) is 0 Å². The van der Waals surface area contributed by atoms with E-state index < -0.39 is 0 Å². The fourth-order valence-electron chi connectivity index (χ4n) is 2.27. The number of nitrogen functional groups attached to an aromatic ring is 1. The van der Waals surface area contributed by atoms with Gasteiger partial charge < -0.3 is 10.6 Å². The Morgan fingerprint density at radius 2 is 1.72 bits per heavy atom. The van der Waals surface area contributed by atoms with Crippen molar-refractivity contribution in [2.75, 3.05) is 23.7 Å². The molecule has 0 aliphatic heterocycles. The molecule has 0 saturated heterocycles. The molecular weight excluding hydrogens is 220 g/mol. The molecule has 18 heavy (non-hydrogen) atoms. The molecule has 0 saturated carbocycles. The summed E-state index contributed by atoms with van der Waals surface area (Å²) in [6, 6.07) is 8.25. The third kappa shape index (κ3) is 5.44. The Labute approximate surface area is 112 Å². The Morgan fingerprint density at radius 1 is 0.944 bits per heavy atom. The van der Waals surface area contributed by atoms with E-state index in [9.17, 15) is 0 Å². The lowest BCUT2D eigenvalue weighted by Gasteiger charge is -2.24. The van der Waals surface area contributed by atoms with Crippen LogP contribution in [0.15, 0.2) is 24.3 Å². The number of nitrogens with zero attached hydrogens (tertiary/aromatic N) is 1. The molecule has 0 atom stereocenters. The Bertz CT molecular complexity index is 323. The molecule has 0 spiro atoms. The van der Waals surface area contributed by atoms with Crippen LogP contribution in [0.1, 0.15) is 52.4 Å². The predicted octanol–water partition coefficient (Wildman–Crippen LogP) is 4.46. The summed E-state index contributed by atoms with van der Waals surface area (Å²) in [5, 5.41) is 0. The molecule has 2 N–H and O–H groups in total. The molecule has 0 radical (unpaired) electrons. The van der Waals surface area contributed by atoms with Crippen molar-refractivity contribution in [3.8, 4) is 0 Å². The van der Waals surface area contributed by atoms with Gasteiger partial charge in [-0.3, -0.25) is 0 Å². The van der Waals surface area contributed by atoms with Crippen LogP contribution < -0.4 is 10.6 Å². The standard InChI is InChI=1S/C16H28N2/c1-3-5-6-7-8-13-18(12-4-2)16-11-9-10-15(17)14-16/h9-11,14H,3-8,12-13,17H2,1-2H3. The van der Waals surface area contributed by atoms with E-state index in [0.29, 0.717) is 0 Å². The average Bonchev–Trinajstić information content (AvgIpc) is 2.37. The lowest BCUT2D eigenvalue weighted by Crippen LogP contribution is -2.25. The van der Waals surface area contributed by atoms with Crippen LogP contribution in [0.4, 0.5) is 11.4 Å². The Morgan fingerprint density at radius 3 is 2.39 bits per heavy atom. The van der Waals surface area contributed by atoms with Crippen molar-refractivity contribution in [1.82, 2.24) is 0 Å². The molecule has 2 heteroatoms. The zero-order valence-electron chi connectivity index (χ0n) is 12.0. The maximum Gasteiger partial charge on any atom is 0.0386 e. The van der Waals surface area contributed by atoms with Crippen LogP contribution in [-0.2, 0) is 0 Å². The first kappa shape index (κ1) is 14.9. The normalized spacial score (nSPS) is 10.6. The average molecular weight is 248 g/mol. The largest absolute Gasteiger partial charge is 0.399 e. The van der Waals surface area contributed by atoms with E-state index in [0.717, 1.165) is 18.8 Å². The second-order valence-electron chi connectivity index (χ2n) is 5.00. The minimum atomic E-state index is 0.861. The Kier molecular flexibility index (Phi) is 7.31. The van der Waals surface area contributed by atoms with Gasteiger partial charge in [0.15, 0.2) is 0 Å². The van der Waals surface area contributed by atoms with Gasteiger partial charge in [0.1, 0.15) is 0 Å². The highest BCUT2D eigenvalue weighted by Gasteiger charge is 2.05. The maximum absolute atomic E-state index is 5.86. The van der Waals surface area contributed by atoms with E-state index in [-0.39, 0.29) is 0 Å². The number of rotatable bonds is 9. The van der Waals surface area contributed by atoms with Crippen molar-refractivity contribution >= 4 is 11.4 Å². The predicted molar refractivity (Wildman–Crippen MR) is 82.1 cm³/mol. The fourth-order valence-corrected chi connectivity index (χ4v) is 2.27. The van der Waals surface area contributed by atoms with E-state index in [1.54, 1.807) is 0 Å². The van der Waals surface area contributed by atoms with E-state index in [2.05, 4.69) is 30.9 Å². The third-order valence-corrected chi connectivity index (χ3v) is 3.26. The molecular formula is C16H28N2. The SMILES string of the molecule is CCCCCCCN(CCC)c1cccc(N)c1. The molecule has 0 heterocycles. The van der Waals surface area contributed by atoms with Crippen molar-refractivity contribution in [3.05, 3.63) is 24.3 Å². The Hall–Kier alpha value is -1.18. The summed E-state index contributed by atoms with van der Waals surface area (Å²) < 4.78 is 0. The lowest BCUT2D eigenvalue weighted by molar-refractivity contribution is 0.615. The summed E-state index contributed by atoms with van der Waals surface area (Å²) in [4.78, 5) is 2.46. The van der Waals surface area contributed by atoms with Crippen LogP contribution in [0, 0.1) is 0 Å². The van der Waals surface area contributed by atoms with Crippen LogP contribution in [-0.4, -0.2) is 13.1 Å². The van der Waals surface area contributed by atoms with Gasteiger partial charge in [0, 0.05) is 24.5 Å². The summed E-state index contributed by atoms with van der Waals surface area (Å²) in [6.45, 7) is 6.77. The number of unbranched alkanes of at least 4 members (excludes halogenated alkanes) is 4. The van der Waals surface area contributed by atoms with Gasteiger partial charge in [0.2, 0.25) is 0 Å². The second-order valence-corrected chi connectivity index (χ2v) is 5.00. The molecule has 0 fully saturated rings. The topological polar surface area (TPSA) is 29.3 Å². The van der Waals surface area contributed by atoms with Crippen molar-refractivity contribution in [3.63, 3.8) is 0 Å². The molecule has 2 nitrogen and oxygen atoms in total. The molecule has 1 rings (SSSR count). The Balaban J connectivity index is 2.44. The molecule has 1 aromatic carbocycles. The monoisotopic (exact) mass is 248 g/mol. The summed E-state index contributed by atoms with van der Waals surface area (Å²) in [5.41, 5.74) is 7.99. The first-order chi connectivity index (χ1) is 8.77. The number of nitrogens with two attached hydrogens (primary N) is 1. The summed E-state index contributed by atoms with van der Waals surface area (Å²) in [6.07, 6.45) is 7.86. The van der Waals surface area contributed by atoms with E-state index in [1.807, 2.05) is 12.1 Å². The molecule has 0 amide bonds. The first-order valence-corrected chi connectivity index (χ1v) is 7.38. The highest BCUT2D eigenvalue weighted by Crippen LogP contribution is 2.18. The van der Waals surface area contributed by atoms with Crippen molar-refractivity contribution < 1.29 is 0 Å². The van der Waals surface area contributed by atoms with Gasteiger partial charge in [-0.2, -0.15) is 0 Å². The summed E-state index contributed by atoms with van der Waals surface area (Å²) in [7, 11) is 0. The van der Waals surface area contributed by atoms with E-state index in [1.165, 1.54) is 44.2 Å². The summed E-state index contributed by atoms with van der Waals surface area (Å²) >= 11 is 0. The van der Waals surface area contributed by atoms with Crippen LogP contribution in [0.3, 0.4) is 0 Å². The van der Waals surface area contributed by atoms with Crippen LogP contribution in [0.5, 0.6) is 0 Å². The minimum Gasteiger partial charge on any atom is -0.399 e. The number of hydrogen-bond donors (Lipinski definition) is 1.